The smallest absolute Gasteiger partial charge is 0.338 e. The second kappa shape index (κ2) is 6.29. The second-order valence-corrected chi connectivity index (χ2v) is 6.57. The minimum Gasteiger partial charge on any atom is -0.478 e. The number of aromatic carboxylic acids is 1. The monoisotopic (exact) mass is 300 g/mol. The van der Waals surface area contributed by atoms with Crippen LogP contribution in [0.2, 0.25) is 0 Å². The number of urea groups is 1. The molecule has 0 spiro atoms. The number of hydrogen-bond donors (Lipinski definition) is 2. The fraction of sp³-hybridized carbons (Fsp3) is 0.500. The van der Waals surface area contributed by atoms with Crippen LogP contribution in [-0.2, 0) is 0 Å². The summed E-state index contributed by atoms with van der Waals surface area (Å²) in [5.41, 5.74) is 0.150. The maximum Gasteiger partial charge on any atom is 0.338 e. The second-order valence-electron chi connectivity index (χ2n) is 4.25. The predicted molar refractivity (Wildman–Crippen MR) is 78.4 cm³/mol. The molecule has 0 aliphatic carbocycles. The highest BCUT2D eigenvalue weighted by Gasteiger charge is 2.24. The average Bonchev–Trinajstić information content (AvgIpc) is 2.87. The summed E-state index contributed by atoms with van der Waals surface area (Å²) in [4.78, 5) is 24.9. The molecule has 1 atom stereocenters. The lowest BCUT2D eigenvalue weighted by molar-refractivity contribution is 0.0698. The van der Waals surface area contributed by atoms with E-state index in [2.05, 4.69) is 12.2 Å². The predicted octanol–water partition coefficient (Wildman–Crippen LogP) is 2.81. The molecule has 2 rings (SSSR count). The van der Waals surface area contributed by atoms with Crippen LogP contribution in [0, 0.1) is 0 Å². The first-order valence-electron chi connectivity index (χ1n) is 6.10. The Bertz CT molecular complexity index is 475. The molecule has 5 nitrogen and oxygen atoms in total. The van der Waals surface area contributed by atoms with Gasteiger partial charge in [0.05, 0.1) is 5.56 Å². The number of nitrogens with zero attached hydrogens (tertiary/aromatic N) is 1. The fourth-order valence-electron chi connectivity index (χ4n) is 1.90. The molecule has 1 unspecified atom stereocenters. The molecule has 1 aliphatic rings. The number of carbonyl (C=O) groups excluding carboxylic acids is 1. The average molecular weight is 300 g/mol. The molecule has 0 bridgehead atoms. The molecule has 1 aliphatic heterocycles. The normalized spacial score (nSPS) is 19.2. The fourth-order valence-corrected chi connectivity index (χ4v) is 3.85. The molecule has 2 heterocycles. The molecule has 1 saturated heterocycles. The Morgan fingerprint density at radius 1 is 1.58 bits per heavy atom. The van der Waals surface area contributed by atoms with E-state index in [0.717, 1.165) is 18.7 Å². The number of carbonyl (C=O) groups is 2. The van der Waals surface area contributed by atoms with Gasteiger partial charge in [-0.05, 0) is 17.9 Å². The minimum absolute atomic E-state index is 0.150. The van der Waals surface area contributed by atoms with E-state index in [1.165, 1.54) is 17.4 Å². The summed E-state index contributed by atoms with van der Waals surface area (Å²) in [6, 6.07) is 1.30. The van der Waals surface area contributed by atoms with Crippen molar-refractivity contribution in [2.75, 3.05) is 24.2 Å². The standard InChI is InChI=1S/C12H16N2O3S2/c1-2-8-7-14(4-6-18-8)12(17)13-10-9(11(15)16)3-5-19-10/h3,5,8H,2,4,6-7H2,1H3,(H,13,17)(H,15,16). The van der Waals surface area contributed by atoms with Crippen molar-refractivity contribution in [3.8, 4) is 0 Å². The van der Waals surface area contributed by atoms with E-state index in [-0.39, 0.29) is 11.6 Å². The first-order valence-corrected chi connectivity index (χ1v) is 8.03. The van der Waals surface area contributed by atoms with Gasteiger partial charge in [-0.15, -0.1) is 11.3 Å². The molecule has 0 radical (unpaired) electrons. The Morgan fingerprint density at radius 3 is 3.05 bits per heavy atom. The molecule has 19 heavy (non-hydrogen) atoms. The van der Waals surface area contributed by atoms with Gasteiger partial charge in [-0.25, -0.2) is 9.59 Å². The summed E-state index contributed by atoms with van der Waals surface area (Å²) in [6.45, 7) is 3.54. The van der Waals surface area contributed by atoms with E-state index in [1.54, 1.807) is 10.3 Å². The summed E-state index contributed by atoms with van der Waals surface area (Å²) >= 11 is 3.12. The third-order valence-corrected chi connectivity index (χ3v) is 5.20. The summed E-state index contributed by atoms with van der Waals surface area (Å²) in [5.74, 6) is -0.0838. The van der Waals surface area contributed by atoms with E-state index >= 15 is 0 Å². The Labute approximate surface area is 120 Å². The van der Waals surface area contributed by atoms with Crippen LogP contribution in [0.5, 0.6) is 0 Å². The van der Waals surface area contributed by atoms with Crippen molar-refractivity contribution in [1.82, 2.24) is 4.90 Å². The highest BCUT2D eigenvalue weighted by molar-refractivity contribution is 8.00. The van der Waals surface area contributed by atoms with Crippen molar-refractivity contribution in [1.29, 1.82) is 0 Å². The summed E-state index contributed by atoms with van der Waals surface area (Å²) in [5, 5.41) is 14.2. The Balaban J connectivity index is 2.00. The zero-order valence-corrected chi connectivity index (χ0v) is 12.2. The van der Waals surface area contributed by atoms with Crippen molar-refractivity contribution in [3.05, 3.63) is 17.0 Å². The van der Waals surface area contributed by atoms with Crippen LogP contribution in [0.4, 0.5) is 9.80 Å². The van der Waals surface area contributed by atoms with E-state index in [9.17, 15) is 9.59 Å². The zero-order valence-electron chi connectivity index (χ0n) is 10.6. The Kier molecular flexibility index (Phi) is 4.71. The molecule has 7 heteroatoms. The third-order valence-electron chi connectivity index (χ3n) is 3.00. The first-order chi connectivity index (χ1) is 9.11. The highest BCUT2D eigenvalue weighted by atomic mass is 32.2. The van der Waals surface area contributed by atoms with Gasteiger partial charge in [0.2, 0.25) is 0 Å². The van der Waals surface area contributed by atoms with Gasteiger partial charge in [0.1, 0.15) is 5.00 Å². The van der Waals surface area contributed by atoms with Crippen LogP contribution >= 0.6 is 23.1 Å². The molecule has 0 aromatic carbocycles. The maximum atomic E-state index is 12.1. The number of thioether (sulfide) groups is 1. The Morgan fingerprint density at radius 2 is 2.37 bits per heavy atom. The van der Waals surface area contributed by atoms with Crippen LogP contribution in [0.1, 0.15) is 23.7 Å². The molecule has 2 N–H and O–H groups in total. The van der Waals surface area contributed by atoms with E-state index in [4.69, 9.17) is 5.11 Å². The van der Waals surface area contributed by atoms with Gasteiger partial charge >= 0.3 is 12.0 Å². The number of amides is 2. The third kappa shape index (κ3) is 3.42. The van der Waals surface area contributed by atoms with Gasteiger partial charge < -0.3 is 10.0 Å². The van der Waals surface area contributed by atoms with Crippen LogP contribution in [0.3, 0.4) is 0 Å². The summed E-state index contributed by atoms with van der Waals surface area (Å²) in [6.07, 6.45) is 1.04. The van der Waals surface area contributed by atoms with E-state index in [1.807, 2.05) is 11.8 Å². The number of thiophene rings is 1. The van der Waals surface area contributed by atoms with Crippen LogP contribution in [-0.4, -0.2) is 46.1 Å². The lowest BCUT2D eigenvalue weighted by atomic mass is 10.3. The molecule has 2 amide bonds. The largest absolute Gasteiger partial charge is 0.478 e. The van der Waals surface area contributed by atoms with Crippen molar-refractivity contribution in [3.63, 3.8) is 0 Å². The first kappa shape index (κ1) is 14.2. The van der Waals surface area contributed by atoms with Gasteiger partial charge in [0, 0.05) is 24.1 Å². The van der Waals surface area contributed by atoms with Crippen molar-refractivity contribution < 1.29 is 14.7 Å². The van der Waals surface area contributed by atoms with Crippen molar-refractivity contribution >= 4 is 40.1 Å². The van der Waals surface area contributed by atoms with Gasteiger partial charge in [-0.1, -0.05) is 6.92 Å². The molecule has 104 valence electrons. The molecular weight excluding hydrogens is 284 g/mol. The lowest BCUT2D eigenvalue weighted by Gasteiger charge is -2.31. The number of nitrogens with one attached hydrogen (secondary N) is 1. The molecular formula is C12H16N2O3S2. The van der Waals surface area contributed by atoms with E-state index in [0.29, 0.717) is 16.8 Å². The topological polar surface area (TPSA) is 69.6 Å². The highest BCUT2D eigenvalue weighted by Crippen LogP contribution is 2.25. The maximum absolute atomic E-state index is 12.1. The Hall–Kier alpha value is -1.21. The minimum atomic E-state index is -1.02. The number of anilines is 1. The van der Waals surface area contributed by atoms with Gasteiger partial charge in [0.15, 0.2) is 0 Å². The van der Waals surface area contributed by atoms with Crippen LogP contribution < -0.4 is 5.32 Å². The van der Waals surface area contributed by atoms with E-state index < -0.39 is 5.97 Å². The van der Waals surface area contributed by atoms with Gasteiger partial charge in [0.25, 0.3) is 0 Å². The quantitative estimate of drug-likeness (QED) is 0.900. The number of carboxylic acid groups (broad SMARTS) is 1. The number of rotatable bonds is 3. The van der Waals surface area contributed by atoms with Gasteiger partial charge in [-0.2, -0.15) is 11.8 Å². The summed E-state index contributed by atoms with van der Waals surface area (Å²) in [7, 11) is 0. The van der Waals surface area contributed by atoms with Crippen molar-refractivity contribution in [2.24, 2.45) is 0 Å². The zero-order chi connectivity index (χ0) is 13.8. The van der Waals surface area contributed by atoms with Gasteiger partial charge in [-0.3, -0.25) is 5.32 Å². The SMILES string of the molecule is CCC1CN(C(=O)Nc2sccc2C(=O)O)CCS1. The molecule has 1 aromatic rings. The van der Waals surface area contributed by atoms with Crippen LogP contribution in [0.25, 0.3) is 0 Å². The molecule has 1 fully saturated rings. The molecule has 1 aromatic heterocycles. The van der Waals surface area contributed by atoms with Crippen LogP contribution in [0.15, 0.2) is 11.4 Å². The summed E-state index contributed by atoms with van der Waals surface area (Å²) < 4.78 is 0. The van der Waals surface area contributed by atoms with Crippen molar-refractivity contribution in [2.45, 2.75) is 18.6 Å². The lowest BCUT2D eigenvalue weighted by Crippen LogP contribution is -2.44. The molecule has 0 saturated carbocycles. The number of hydrogen-bond acceptors (Lipinski definition) is 4. The number of carboxylic acids is 1.